The lowest BCUT2D eigenvalue weighted by Gasteiger charge is -2.55. The molecule has 2 aliphatic heterocycles. The highest BCUT2D eigenvalue weighted by molar-refractivity contribution is 8.01. The van der Waals surface area contributed by atoms with Gasteiger partial charge in [0.1, 0.15) is 16.9 Å². The predicted octanol–water partition coefficient (Wildman–Crippen LogP) is 0.291. The van der Waals surface area contributed by atoms with Crippen molar-refractivity contribution in [2.75, 3.05) is 30.6 Å². The maximum absolute atomic E-state index is 12.9. The quantitative estimate of drug-likeness (QED) is 0.318. The maximum atomic E-state index is 12.9. The topological polar surface area (TPSA) is 127 Å². The fourth-order valence-corrected chi connectivity index (χ4v) is 5.96. The van der Waals surface area contributed by atoms with Crippen LogP contribution in [-0.4, -0.2) is 84.3 Å². The average molecular weight is 460 g/mol. The molecule has 1 aromatic heterocycles. The van der Waals surface area contributed by atoms with Crippen molar-refractivity contribution < 1.29 is 24.2 Å². The van der Waals surface area contributed by atoms with Crippen molar-refractivity contribution in [1.82, 2.24) is 25.0 Å². The number of methoxy groups -OCH3 is 1. The van der Waals surface area contributed by atoms with Gasteiger partial charge in [-0.2, -0.15) is 11.8 Å². The van der Waals surface area contributed by atoms with Crippen LogP contribution >= 0.6 is 35.3 Å². The number of hydrogen-bond donors (Lipinski definition) is 2. The third kappa shape index (κ3) is 3.76. The van der Waals surface area contributed by atoms with Gasteiger partial charge in [0.2, 0.25) is 5.91 Å². The normalized spacial score (nSPS) is 23.7. The number of thioether (sulfide) groups is 3. The van der Waals surface area contributed by atoms with E-state index in [0.717, 1.165) is 5.82 Å². The Hall–Kier alpha value is -1.70. The van der Waals surface area contributed by atoms with Gasteiger partial charge < -0.3 is 19.7 Å². The molecule has 2 N–H and O–H groups in total. The number of amides is 2. The molecule has 10 nitrogen and oxygen atoms in total. The first-order valence-electron chi connectivity index (χ1n) is 8.51. The summed E-state index contributed by atoms with van der Waals surface area (Å²) in [6.45, 7) is 1.83. The van der Waals surface area contributed by atoms with Gasteiger partial charge >= 0.3 is 5.97 Å². The molecule has 2 amide bonds. The van der Waals surface area contributed by atoms with Crippen LogP contribution in [0.15, 0.2) is 16.4 Å². The lowest BCUT2D eigenvalue weighted by molar-refractivity contribution is -0.192. The molecule has 0 spiro atoms. The van der Waals surface area contributed by atoms with E-state index in [-0.39, 0.29) is 17.4 Å². The van der Waals surface area contributed by atoms with E-state index in [4.69, 9.17) is 4.74 Å². The van der Waals surface area contributed by atoms with Gasteiger partial charge in [-0.05, 0) is 18.8 Å². The number of β-lactam (4-membered cyclic amide) rings is 1. The fourth-order valence-electron chi connectivity index (χ4n) is 3.09. The van der Waals surface area contributed by atoms with Gasteiger partial charge in [0.25, 0.3) is 11.6 Å². The first-order chi connectivity index (χ1) is 13.8. The lowest BCUT2D eigenvalue weighted by Crippen LogP contribution is -2.80. The Morgan fingerprint density at radius 2 is 2.17 bits per heavy atom. The number of fused-ring (bicyclic) bond motifs is 1. The first-order valence-corrected chi connectivity index (χ1v) is 11.9. The number of carboxylic acids is 1. The summed E-state index contributed by atoms with van der Waals surface area (Å²) < 4.78 is 7.20. The Morgan fingerprint density at radius 3 is 2.72 bits per heavy atom. The van der Waals surface area contributed by atoms with Crippen molar-refractivity contribution in [2.24, 2.45) is 7.05 Å². The molecule has 1 fully saturated rings. The molecule has 2 aliphatic rings. The first kappa shape index (κ1) is 22.0. The highest BCUT2D eigenvalue weighted by Gasteiger charge is 2.66. The highest BCUT2D eigenvalue weighted by atomic mass is 32.2. The molecule has 3 rings (SSSR count). The number of rotatable bonds is 8. The molecule has 1 saturated heterocycles. The van der Waals surface area contributed by atoms with E-state index in [0.29, 0.717) is 22.2 Å². The lowest BCUT2D eigenvalue weighted by atomic mass is 9.98. The molecular weight excluding hydrogens is 438 g/mol. The number of carboxylic acid groups (broad SMARTS) is 1. The van der Waals surface area contributed by atoms with E-state index in [1.165, 1.54) is 47.3 Å². The Morgan fingerprint density at radius 1 is 1.45 bits per heavy atom. The Labute approximate surface area is 180 Å². The van der Waals surface area contributed by atoms with Crippen molar-refractivity contribution in [1.29, 1.82) is 0 Å². The van der Waals surface area contributed by atoms with E-state index < -0.39 is 23.0 Å². The minimum absolute atomic E-state index is 0.0584. The van der Waals surface area contributed by atoms with Crippen LogP contribution in [0.1, 0.15) is 5.82 Å². The maximum Gasteiger partial charge on any atom is 0.352 e. The smallest absolute Gasteiger partial charge is 0.352 e. The van der Waals surface area contributed by atoms with Gasteiger partial charge in [-0.1, -0.05) is 11.8 Å². The Kier molecular flexibility index (Phi) is 6.51. The van der Waals surface area contributed by atoms with E-state index in [2.05, 4.69) is 15.5 Å². The summed E-state index contributed by atoms with van der Waals surface area (Å²) in [4.78, 5) is 38.2. The third-order valence-corrected chi connectivity index (χ3v) is 7.69. The number of aryl methyl sites for hydroxylation is 1. The molecule has 0 unspecified atom stereocenters. The Bertz CT molecular complexity index is 888. The molecular formula is C16H21N5O5S3. The largest absolute Gasteiger partial charge is 0.477 e. The zero-order valence-electron chi connectivity index (χ0n) is 16.3. The number of carbonyl (C=O) groups excluding carboxylic acids is 2. The highest BCUT2D eigenvalue weighted by Crippen LogP contribution is 2.47. The summed E-state index contributed by atoms with van der Waals surface area (Å²) >= 11 is 4.04. The number of carbonyl (C=O) groups is 3. The molecule has 0 bridgehead atoms. The average Bonchev–Trinajstić information content (AvgIpc) is 3.01. The zero-order chi connectivity index (χ0) is 21.3. The monoisotopic (exact) mass is 459 g/mol. The van der Waals surface area contributed by atoms with Gasteiger partial charge in [-0.15, -0.1) is 22.0 Å². The van der Waals surface area contributed by atoms with Crippen LogP contribution in [0.3, 0.4) is 0 Å². The number of hydrogen-bond acceptors (Lipinski definition) is 9. The second-order valence-corrected chi connectivity index (χ2v) is 9.27. The predicted molar refractivity (Wildman–Crippen MR) is 110 cm³/mol. The van der Waals surface area contributed by atoms with Crippen molar-refractivity contribution in [3.05, 3.63) is 17.1 Å². The fraction of sp³-hybridized carbons (Fsp3) is 0.562. The van der Waals surface area contributed by atoms with E-state index in [9.17, 15) is 19.5 Å². The van der Waals surface area contributed by atoms with Gasteiger partial charge in [-0.3, -0.25) is 14.5 Å². The van der Waals surface area contributed by atoms with Crippen LogP contribution < -0.4 is 5.32 Å². The number of aliphatic carboxylic acids is 1. The Balaban J connectivity index is 1.83. The number of ether oxygens (including phenoxy) is 1. The minimum atomic E-state index is -1.54. The van der Waals surface area contributed by atoms with Crippen molar-refractivity contribution in [2.45, 2.75) is 23.2 Å². The molecule has 1 aromatic rings. The molecule has 3 heterocycles. The molecule has 0 saturated carbocycles. The van der Waals surface area contributed by atoms with Gasteiger partial charge in [-0.25, -0.2) is 4.79 Å². The zero-order valence-corrected chi connectivity index (χ0v) is 18.7. The van der Waals surface area contributed by atoms with Crippen molar-refractivity contribution in [3.63, 3.8) is 0 Å². The van der Waals surface area contributed by atoms with Gasteiger partial charge in [0.15, 0.2) is 5.16 Å². The SMILES string of the molecule is CO[C@@]1(NC(=O)CSC)C(=O)N2C(C(=O)O)=C(CSc3nnc(C)n3C)CS[C@H]21. The molecule has 29 heavy (non-hydrogen) atoms. The van der Waals surface area contributed by atoms with Crippen LogP contribution in [0.2, 0.25) is 0 Å². The van der Waals surface area contributed by atoms with Crippen LogP contribution in [0.25, 0.3) is 0 Å². The second kappa shape index (κ2) is 8.58. The van der Waals surface area contributed by atoms with E-state index in [1.807, 2.05) is 18.5 Å². The number of aromatic nitrogens is 3. The standard InChI is InChI=1S/C16H21N5O5S3/c1-8-18-19-15(20(8)2)29-6-9-5-28-14-16(26-3,17-10(22)7-27-4)13(25)21(14)11(9)12(23)24/h14H,5-7H2,1-4H3,(H,17,22)(H,23,24)/t14-,16-/m0/s1. The van der Waals surface area contributed by atoms with Crippen LogP contribution in [0.5, 0.6) is 0 Å². The van der Waals surface area contributed by atoms with Crippen molar-refractivity contribution >= 4 is 53.1 Å². The van der Waals surface area contributed by atoms with Gasteiger partial charge in [0.05, 0.1) is 5.75 Å². The second-order valence-electron chi connectivity index (χ2n) is 6.39. The minimum Gasteiger partial charge on any atom is -0.477 e. The van der Waals surface area contributed by atoms with E-state index >= 15 is 0 Å². The molecule has 0 radical (unpaired) electrons. The van der Waals surface area contributed by atoms with Crippen molar-refractivity contribution in [3.8, 4) is 0 Å². The van der Waals surface area contributed by atoms with Crippen LogP contribution in [0, 0.1) is 6.92 Å². The van der Waals surface area contributed by atoms with Gasteiger partial charge in [0, 0.05) is 25.7 Å². The molecule has 0 aliphatic carbocycles. The van der Waals surface area contributed by atoms with E-state index in [1.54, 1.807) is 6.26 Å². The third-order valence-electron chi connectivity index (χ3n) is 4.66. The summed E-state index contributed by atoms with van der Waals surface area (Å²) in [5, 5.41) is 20.5. The molecule has 13 heteroatoms. The summed E-state index contributed by atoms with van der Waals surface area (Å²) in [6, 6.07) is 0. The summed E-state index contributed by atoms with van der Waals surface area (Å²) in [5.41, 5.74) is -0.993. The summed E-state index contributed by atoms with van der Waals surface area (Å²) in [7, 11) is 3.17. The summed E-state index contributed by atoms with van der Waals surface area (Å²) in [6.07, 6.45) is 1.77. The van der Waals surface area contributed by atoms with Crippen LogP contribution in [-0.2, 0) is 26.2 Å². The summed E-state index contributed by atoms with van der Waals surface area (Å²) in [5.74, 6) is -0.431. The van der Waals surface area contributed by atoms with Crippen LogP contribution in [0.4, 0.5) is 0 Å². The number of nitrogens with one attached hydrogen (secondary N) is 1. The number of nitrogens with zero attached hydrogens (tertiary/aromatic N) is 4. The molecule has 2 atom stereocenters. The molecule has 158 valence electrons. The molecule has 0 aromatic carbocycles.